The minimum Gasteiger partial charge on any atom is -0.328 e. The predicted octanol–water partition coefficient (Wildman–Crippen LogP) is 2.26. The summed E-state index contributed by atoms with van der Waals surface area (Å²) in [4.78, 5) is 0. The van der Waals surface area contributed by atoms with Gasteiger partial charge in [0, 0.05) is 12.1 Å². The average molecular weight is 218 g/mol. The van der Waals surface area contributed by atoms with Gasteiger partial charge < -0.3 is 11.1 Å². The topological polar surface area (TPSA) is 38.0 Å². The molecule has 0 saturated heterocycles. The first-order chi connectivity index (χ1) is 7.75. The Hall–Kier alpha value is -0.860. The fraction of sp³-hybridized carbons (Fsp3) is 0.571. The molecule has 0 aliphatic heterocycles. The Morgan fingerprint density at radius 1 is 1.31 bits per heavy atom. The summed E-state index contributed by atoms with van der Waals surface area (Å²) >= 11 is 0. The van der Waals surface area contributed by atoms with Crippen LogP contribution in [0.15, 0.2) is 30.3 Å². The van der Waals surface area contributed by atoms with Gasteiger partial charge in [-0.2, -0.15) is 0 Å². The van der Waals surface area contributed by atoms with Gasteiger partial charge >= 0.3 is 0 Å². The third-order valence-electron chi connectivity index (χ3n) is 3.55. The van der Waals surface area contributed by atoms with Crippen LogP contribution in [0.4, 0.5) is 0 Å². The van der Waals surface area contributed by atoms with Crippen molar-refractivity contribution >= 4 is 0 Å². The van der Waals surface area contributed by atoms with E-state index in [4.69, 9.17) is 5.73 Å². The third-order valence-corrected chi connectivity index (χ3v) is 3.55. The van der Waals surface area contributed by atoms with Crippen LogP contribution < -0.4 is 11.1 Å². The van der Waals surface area contributed by atoms with Crippen molar-refractivity contribution in [3.05, 3.63) is 35.9 Å². The Kier molecular flexibility index (Phi) is 3.97. The van der Waals surface area contributed by atoms with E-state index < -0.39 is 0 Å². The van der Waals surface area contributed by atoms with E-state index in [1.54, 1.807) is 0 Å². The Bertz CT molecular complexity index is 304. The van der Waals surface area contributed by atoms with Gasteiger partial charge in [-0.3, -0.25) is 0 Å². The molecule has 1 unspecified atom stereocenters. The molecular formula is C14H22N2. The molecule has 1 atom stereocenters. The summed E-state index contributed by atoms with van der Waals surface area (Å²) in [6.07, 6.45) is 3.51. The first kappa shape index (κ1) is 11.6. The van der Waals surface area contributed by atoms with Crippen LogP contribution >= 0.6 is 0 Å². The second kappa shape index (κ2) is 5.46. The van der Waals surface area contributed by atoms with Gasteiger partial charge in [-0.25, -0.2) is 0 Å². The van der Waals surface area contributed by atoms with E-state index in [-0.39, 0.29) is 0 Å². The lowest BCUT2D eigenvalue weighted by atomic mass is 9.87. The fourth-order valence-corrected chi connectivity index (χ4v) is 2.28. The lowest BCUT2D eigenvalue weighted by Crippen LogP contribution is -2.48. The quantitative estimate of drug-likeness (QED) is 0.795. The maximum absolute atomic E-state index is 5.75. The number of hydrogen-bond donors (Lipinski definition) is 2. The minimum atomic E-state index is 0.448. The summed E-state index contributed by atoms with van der Waals surface area (Å²) in [5.41, 5.74) is 7.19. The molecule has 0 heterocycles. The fourth-order valence-electron chi connectivity index (χ4n) is 2.28. The zero-order chi connectivity index (χ0) is 11.4. The lowest BCUT2D eigenvalue weighted by Gasteiger charge is -2.33. The first-order valence-electron chi connectivity index (χ1n) is 6.29. The Labute approximate surface area is 98.2 Å². The Morgan fingerprint density at radius 2 is 2.00 bits per heavy atom. The molecule has 0 aromatic heterocycles. The molecule has 16 heavy (non-hydrogen) atoms. The monoisotopic (exact) mass is 218 g/mol. The van der Waals surface area contributed by atoms with E-state index in [1.165, 1.54) is 12.0 Å². The highest BCUT2D eigenvalue weighted by Gasteiger charge is 2.24. The van der Waals surface area contributed by atoms with Crippen LogP contribution in [-0.4, -0.2) is 18.6 Å². The van der Waals surface area contributed by atoms with E-state index in [1.807, 2.05) is 0 Å². The molecule has 3 N–H and O–H groups in total. The largest absolute Gasteiger partial charge is 0.328 e. The van der Waals surface area contributed by atoms with Crippen LogP contribution in [0.1, 0.15) is 37.7 Å². The van der Waals surface area contributed by atoms with Gasteiger partial charge in [-0.15, -0.1) is 0 Å². The van der Waals surface area contributed by atoms with Gasteiger partial charge in [0.2, 0.25) is 0 Å². The van der Waals surface area contributed by atoms with E-state index >= 15 is 0 Å². The number of nitrogens with one attached hydrogen (secondary N) is 1. The molecule has 1 fully saturated rings. The van der Waals surface area contributed by atoms with Crippen LogP contribution in [-0.2, 0) is 0 Å². The zero-order valence-electron chi connectivity index (χ0n) is 10.0. The molecule has 2 rings (SSSR count). The van der Waals surface area contributed by atoms with E-state index in [0.29, 0.717) is 18.0 Å². The van der Waals surface area contributed by atoms with Crippen molar-refractivity contribution in [3.8, 4) is 0 Å². The molecule has 2 heteroatoms. The van der Waals surface area contributed by atoms with Gasteiger partial charge in [0.15, 0.2) is 0 Å². The van der Waals surface area contributed by atoms with Crippen LogP contribution in [0, 0.1) is 0 Å². The highest BCUT2D eigenvalue weighted by Crippen LogP contribution is 2.20. The number of hydrogen-bond acceptors (Lipinski definition) is 2. The van der Waals surface area contributed by atoms with Crippen molar-refractivity contribution < 1.29 is 0 Å². The molecule has 88 valence electrons. The smallest absolute Gasteiger partial charge is 0.00965 e. The lowest BCUT2D eigenvalue weighted by molar-refractivity contribution is 0.290. The Morgan fingerprint density at radius 3 is 2.62 bits per heavy atom. The van der Waals surface area contributed by atoms with Gasteiger partial charge in [0.05, 0.1) is 0 Å². The van der Waals surface area contributed by atoms with E-state index in [9.17, 15) is 0 Å². The second-order valence-electron chi connectivity index (χ2n) is 4.98. The van der Waals surface area contributed by atoms with E-state index in [0.717, 1.165) is 19.4 Å². The highest BCUT2D eigenvalue weighted by molar-refractivity contribution is 5.18. The van der Waals surface area contributed by atoms with Gasteiger partial charge in [0.1, 0.15) is 0 Å². The molecule has 2 nitrogen and oxygen atoms in total. The normalized spacial score (nSPS) is 26.1. The SMILES string of the molecule is CC(CCNC1CC(N)C1)c1ccccc1. The molecule has 1 saturated carbocycles. The summed E-state index contributed by atoms with van der Waals surface area (Å²) < 4.78 is 0. The maximum Gasteiger partial charge on any atom is 0.00965 e. The van der Waals surface area contributed by atoms with Crippen molar-refractivity contribution in [1.82, 2.24) is 5.32 Å². The van der Waals surface area contributed by atoms with Crippen molar-refractivity contribution in [1.29, 1.82) is 0 Å². The first-order valence-corrected chi connectivity index (χ1v) is 6.29. The standard InChI is InChI=1S/C14H22N2/c1-11(12-5-3-2-4-6-12)7-8-16-14-9-13(15)10-14/h2-6,11,13-14,16H,7-10,15H2,1H3. The third kappa shape index (κ3) is 3.06. The van der Waals surface area contributed by atoms with Crippen molar-refractivity contribution in [3.63, 3.8) is 0 Å². The molecule has 0 spiro atoms. The van der Waals surface area contributed by atoms with Crippen LogP contribution in [0.5, 0.6) is 0 Å². The molecule has 1 aromatic rings. The van der Waals surface area contributed by atoms with E-state index in [2.05, 4.69) is 42.6 Å². The molecule has 0 radical (unpaired) electrons. The van der Waals surface area contributed by atoms with Gasteiger partial charge in [-0.1, -0.05) is 37.3 Å². The molecular weight excluding hydrogens is 196 g/mol. The summed E-state index contributed by atoms with van der Waals surface area (Å²) in [5.74, 6) is 0.641. The molecule has 0 amide bonds. The molecule has 1 aliphatic rings. The summed E-state index contributed by atoms with van der Waals surface area (Å²) in [6.45, 7) is 3.40. The average Bonchev–Trinajstić information content (AvgIpc) is 2.27. The minimum absolute atomic E-state index is 0.448. The summed E-state index contributed by atoms with van der Waals surface area (Å²) in [5, 5.41) is 3.57. The van der Waals surface area contributed by atoms with Crippen LogP contribution in [0.25, 0.3) is 0 Å². The number of benzene rings is 1. The Balaban J connectivity index is 1.66. The molecule has 1 aliphatic carbocycles. The molecule has 1 aromatic carbocycles. The van der Waals surface area contributed by atoms with Crippen molar-refractivity contribution in [2.45, 2.75) is 44.2 Å². The maximum atomic E-state index is 5.75. The summed E-state index contributed by atoms with van der Waals surface area (Å²) in [7, 11) is 0. The number of nitrogens with two attached hydrogens (primary N) is 1. The van der Waals surface area contributed by atoms with Crippen molar-refractivity contribution in [2.75, 3.05) is 6.54 Å². The summed E-state index contributed by atoms with van der Waals surface area (Å²) in [6, 6.07) is 11.9. The van der Waals surface area contributed by atoms with Gasteiger partial charge in [-0.05, 0) is 37.3 Å². The number of rotatable bonds is 5. The van der Waals surface area contributed by atoms with Crippen LogP contribution in [0.3, 0.4) is 0 Å². The van der Waals surface area contributed by atoms with Gasteiger partial charge in [0.25, 0.3) is 0 Å². The molecule has 0 bridgehead atoms. The second-order valence-corrected chi connectivity index (χ2v) is 4.98. The predicted molar refractivity (Wildman–Crippen MR) is 68.5 cm³/mol. The van der Waals surface area contributed by atoms with Crippen LogP contribution in [0.2, 0.25) is 0 Å². The highest BCUT2D eigenvalue weighted by atomic mass is 14.9. The zero-order valence-corrected chi connectivity index (χ0v) is 10.0. The van der Waals surface area contributed by atoms with Crippen molar-refractivity contribution in [2.24, 2.45) is 5.73 Å².